The average molecular weight is 237 g/mol. The van der Waals surface area contributed by atoms with E-state index < -0.39 is 0 Å². The highest BCUT2D eigenvalue weighted by atomic mass is 16.2. The van der Waals surface area contributed by atoms with Crippen molar-refractivity contribution in [2.24, 2.45) is 0 Å². The summed E-state index contributed by atoms with van der Waals surface area (Å²) in [4.78, 5) is 11.3. The van der Waals surface area contributed by atoms with Crippen LogP contribution in [0.5, 0.6) is 0 Å². The number of hydrogen-bond acceptors (Lipinski definition) is 3. The van der Waals surface area contributed by atoms with Crippen molar-refractivity contribution < 1.29 is 4.79 Å². The minimum Gasteiger partial charge on any atom is -0.284 e. The minimum absolute atomic E-state index is 0.0310. The van der Waals surface area contributed by atoms with Crippen molar-refractivity contribution in [2.75, 3.05) is 11.6 Å². The first-order valence-corrected chi connectivity index (χ1v) is 5.78. The van der Waals surface area contributed by atoms with Crippen LogP contribution in [-0.2, 0) is 4.79 Å². The van der Waals surface area contributed by atoms with Crippen LogP contribution in [0.25, 0.3) is 10.8 Å². The highest BCUT2D eigenvalue weighted by Crippen LogP contribution is 2.29. The van der Waals surface area contributed by atoms with Crippen LogP contribution in [0.15, 0.2) is 36.4 Å². The molecule has 1 heterocycles. The lowest BCUT2D eigenvalue weighted by Gasteiger charge is -2.19. The lowest BCUT2D eigenvalue weighted by atomic mass is 10.0. The van der Waals surface area contributed by atoms with E-state index in [4.69, 9.17) is 5.26 Å². The normalized spacial score (nSPS) is 14.6. The maximum atomic E-state index is 11.3. The first-order valence-electron chi connectivity index (χ1n) is 5.78. The number of amides is 1. The molecule has 0 unspecified atom stereocenters. The van der Waals surface area contributed by atoms with E-state index >= 15 is 0 Å². The van der Waals surface area contributed by atoms with Crippen molar-refractivity contribution >= 4 is 22.4 Å². The molecule has 0 saturated carbocycles. The molecule has 0 aliphatic carbocycles. The van der Waals surface area contributed by atoms with Gasteiger partial charge in [0.2, 0.25) is 5.91 Å². The number of rotatable bonds is 1. The fraction of sp³-hybridized carbons (Fsp3) is 0.143. The number of nitrogens with zero attached hydrogens (tertiary/aromatic N) is 2. The topological polar surface area (TPSA) is 56.1 Å². The van der Waals surface area contributed by atoms with Gasteiger partial charge in [0, 0.05) is 23.7 Å². The van der Waals surface area contributed by atoms with E-state index in [0.717, 1.165) is 16.5 Å². The van der Waals surface area contributed by atoms with Crippen LogP contribution in [0.1, 0.15) is 12.0 Å². The number of nitriles is 1. The maximum Gasteiger partial charge on any atom is 0.240 e. The van der Waals surface area contributed by atoms with Crippen molar-refractivity contribution in [1.29, 1.82) is 5.26 Å². The monoisotopic (exact) mass is 237 g/mol. The van der Waals surface area contributed by atoms with E-state index in [1.807, 2.05) is 35.3 Å². The van der Waals surface area contributed by atoms with Crippen LogP contribution >= 0.6 is 0 Å². The number of carbonyl (C=O) groups is 1. The Morgan fingerprint density at radius 3 is 2.61 bits per heavy atom. The highest BCUT2D eigenvalue weighted by molar-refractivity contribution is 5.99. The molecule has 1 aliphatic heterocycles. The molecule has 4 nitrogen and oxygen atoms in total. The molecule has 1 amide bonds. The van der Waals surface area contributed by atoms with Crippen LogP contribution in [0, 0.1) is 11.3 Å². The minimum atomic E-state index is 0.0310. The SMILES string of the molecule is N#Cc1ccc(N2CCC(=O)N2)c2ccccc12. The van der Waals surface area contributed by atoms with E-state index in [1.165, 1.54) is 0 Å². The zero-order valence-electron chi connectivity index (χ0n) is 9.68. The van der Waals surface area contributed by atoms with Gasteiger partial charge in [-0.2, -0.15) is 5.26 Å². The van der Waals surface area contributed by atoms with Gasteiger partial charge in [0.05, 0.1) is 17.3 Å². The molecule has 0 bridgehead atoms. The third-order valence-corrected chi connectivity index (χ3v) is 3.13. The zero-order valence-corrected chi connectivity index (χ0v) is 9.68. The third-order valence-electron chi connectivity index (χ3n) is 3.13. The molecule has 88 valence electrons. The summed E-state index contributed by atoms with van der Waals surface area (Å²) in [7, 11) is 0. The second-order valence-electron chi connectivity index (χ2n) is 4.23. The number of carbonyl (C=O) groups excluding carboxylic acids is 1. The number of nitrogens with one attached hydrogen (secondary N) is 1. The van der Waals surface area contributed by atoms with Gasteiger partial charge in [-0.05, 0) is 12.1 Å². The second kappa shape index (κ2) is 4.04. The van der Waals surface area contributed by atoms with Gasteiger partial charge in [-0.15, -0.1) is 0 Å². The summed E-state index contributed by atoms with van der Waals surface area (Å²) < 4.78 is 0. The smallest absolute Gasteiger partial charge is 0.240 e. The maximum absolute atomic E-state index is 11.3. The van der Waals surface area contributed by atoms with Gasteiger partial charge in [-0.25, -0.2) is 0 Å². The van der Waals surface area contributed by atoms with Crippen molar-refractivity contribution in [2.45, 2.75) is 6.42 Å². The largest absolute Gasteiger partial charge is 0.284 e. The Morgan fingerprint density at radius 2 is 1.94 bits per heavy atom. The molecule has 0 atom stereocenters. The Morgan fingerprint density at radius 1 is 1.17 bits per heavy atom. The van der Waals surface area contributed by atoms with E-state index in [0.29, 0.717) is 18.5 Å². The molecule has 1 fully saturated rings. The molecular weight excluding hydrogens is 226 g/mol. The van der Waals surface area contributed by atoms with Crippen LogP contribution < -0.4 is 10.4 Å². The first kappa shape index (κ1) is 10.6. The van der Waals surface area contributed by atoms with E-state index in [-0.39, 0.29) is 5.91 Å². The fourth-order valence-electron chi connectivity index (χ4n) is 2.27. The van der Waals surface area contributed by atoms with Gasteiger partial charge in [0.15, 0.2) is 0 Å². The Balaban J connectivity index is 2.19. The standard InChI is InChI=1S/C14H11N3O/c15-9-10-5-6-13(17-8-7-14(18)16-17)12-4-2-1-3-11(10)12/h1-6H,7-8H2,(H,16,18). The quantitative estimate of drug-likeness (QED) is 0.824. The van der Waals surface area contributed by atoms with E-state index in [2.05, 4.69) is 11.5 Å². The summed E-state index contributed by atoms with van der Waals surface area (Å²) in [6.07, 6.45) is 0.508. The Hall–Kier alpha value is -2.54. The van der Waals surface area contributed by atoms with Crippen LogP contribution in [0.3, 0.4) is 0 Å². The predicted octanol–water partition coefficient (Wildman–Crippen LogP) is 1.95. The predicted molar refractivity (Wildman–Crippen MR) is 68.8 cm³/mol. The lowest BCUT2D eigenvalue weighted by molar-refractivity contribution is -0.119. The van der Waals surface area contributed by atoms with Gasteiger partial charge in [0.25, 0.3) is 0 Å². The molecule has 3 rings (SSSR count). The van der Waals surface area contributed by atoms with Crippen molar-refractivity contribution in [1.82, 2.24) is 5.43 Å². The van der Waals surface area contributed by atoms with E-state index in [9.17, 15) is 4.79 Å². The molecule has 4 heteroatoms. The van der Waals surface area contributed by atoms with Crippen LogP contribution in [-0.4, -0.2) is 12.5 Å². The van der Waals surface area contributed by atoms with Crippen molar-refractivity contribution in [3.05, 3.63) is 42.0 Å². The Bertz CT molecular complexity index is 672. The molecule has 0 radical (unpaired) electrons. The second-order valence-corrected chi connectivity index (χ2v) is 4.23. The highest BCUT2D eigenvalue weighted by Gasteiger charge is 2.20. The van der Waals surface area contributed by atoms with Gasteiger partial charge in [-0.1, -0.05) is 24.3 Å². The zero-order chi connectivity index (χ0) is 12.5. The van der Waals surface area contributed by atoms with Crippen LogP contribution in [0.4, 0.5) is 5.69 Å². The number of hydrogen-bond donors (Lipinski definition) is 1. The van der Waals surface area contributed by atoms with Gasteiger partial charge < -0.3 is 0 Å². The van der Waals surface area contributed by atoms with Crippen LogP contribution in [0.2, 0.25) is 0 Å². The Kier molecular flexibility index (Phi) is 2.38. The lowest BCUT2D eigenvalue weighted by Crippen LogP contribution is -2.33. The summed E-state index contributed by atoms with van der Waals surface area (Å²) in [6, 6.07) is 13.6. The van der Waals surface area contributed by atoms with Gasteiger partial charge >= 0.3 is 0 Å². The molecule has 0 aromatic heterocycles. The van der Waals surface area contributed by atoms with E-state index in [1.54, 1.807) is 6.07 Å². The summed E-state index contributed by atoms with van der Waals surface area (Å²) in [5.41, 5.74) is 4.40. The third kappa shape index (κ3) is 1.57. The first-order chi connectivity index (χ1) is 8.79. The molecule has 1 aliphatic rings. The average Bonchev–Trinajstić information content (AvgIpc) is 2.84. The fourth-order valence-corrected chi connectivity index (χ4v) is 2.27. The molecule has 1 N–H and O–H groups in total. The molecule has 2 aromatic rings. The summed E-state index contributed by atoms with van der Waals surface area (Å²) in [5.74, 6) is 0.0310. The molecule has 2 aromatic carbocycles. The molecular formula is C14H11N3O. The van der Waals surface area contributed by atoms with Crippen molar-refractivity contribution in [3.8, 4) is 6.07 Å². The Labute approximate surface area is 104 Å². The molecule has 1 saturated heterocycles. The van der Waals surface area contributed by atoms with Gasteiger partial charge in [0.1, 0.15) is 0 Å². The summed E-state index contributed by atoms with van der Waals surface area (Å²) in [5, 5.41) is 12.8. The van der Waals surface area contributed by atoms with Crippen molar-refractivity contribution in [3.63, 3.8) is 0 Å². The number of anilines is 1. The summed E-state index contributed by atoms with van der Waals surface area (Å²) >= 11 is 0. The number of hydrazine groups is 1. The number of fused-ring (bicyclic) bond motifs is 1. The molecule has 0 spiro atoms. The summed E-state index contributed by atoms with van der Waals surface area (Å²) in [6.45, 7) is 0.661. The number of benzene rings is 2. The molecule has 18 heavy (non-hydrogen) atoms. The van der Waals surface area contributed by atoms with Gasteiger partial charge in [-0.3, -0.25) is 15.2 Å².